The van der Waals surface area contributed by atoms with Crippen LogP contribution in [0.3, 0.4) is 0 Å². The zero-order valence-corrected chi connectivity index (χ0v) is 11.4. The summed E-state index contributed by atoms with van der Waals surface area (Å²) in [6.07, 6.45) is 5.85. The second-order valence-electron chi connectivity index (χ2n) is 4.26. The van der Waals surface area contributed by atoms with Crippen molar-refractivity contribution in [2.24, 2.45) is 0 Å². The van der Waals surface area contributed by atoms with E-state index >= 15 is 0 Å². The Morgan fingerprint density at radius 3 is 2.67 bits per heavy atom. The average Bonchev–Trinajstić information content (AvgIpc) is 2.33. The summed E-state index contributed by atoms with van der Waals surface area (Å²) in [5.41, 5.74) is 0.580. The zero-order valence-electron chi connectivity index (χ0n) is 10.6. The highest BCUT2D eigenvalue weighted by molar-refractivity contribution is 6.31. The van der Waals surface area contributed by atoms with Crippen molar-refractivity contribution in [1.29, 1.82) is 0 Å². The van der Waals surface area contributed by atoms with Gasteiger partial charge in [-0.3, -0.25) is 10.1 Å². The Morgan fingerprint density at radius 1 is 1.28 bits per heavy atom. The van der Waals surface area contributed by atoms with Gasteiger partial charge >= 0.3 is 0 Å². The van der Waals surface area contributed by atoms with E-state index in [-0.39, 0.29) is 5.69 Å². The van der Waals surface area contributed by atoms with Crippen molar-refractivity contribution in [1.82, 2.24) is 0 Å². The fourth-order valence-electron chi connectivity index (χ4n) is 1.76. The van der Waals surface area contributed by atoms with Gasteiger partial charge in [-0.1, -0.05) is 44.2 Å². The maximum absolute atomic E-state index is 10.8. The highest BCUT2D eigenvalue weighted by Crippen LogP contribution is 2.27. The number of nitrogens with one attached hydrogen (secondary N) is 1. The van der Waals surface area contributed by atoms with Crippen LogP contribution in [0.1, 0.15) is 39.0 Å². The molecule has 0 bridgehead atoms. The first kappa shape index (κ1) is 14.8. The van der Waals surface area contributed by atoms with Crippen molar-refractivity contribution in [2.75, 3.05) is 11.9 Å². The number of rotatable bonds is 8. The minimum atomic E-state index is -0.393. The fourth-order valence-corrected chi connectivity index (χ4v) is 1.93. The number of unbranched alkanes of at least 4 members (excludes halogenated alkanes) is 4. The first-order valence-corrected chi connectivity index (χ1v) is 6.70. The van der Waals surface area contributed by atoms with Crippen LogP contribution in [0.15, 0.2) is 18.2 Å². The smallest absolute Gasteiger partial charge is 0.292 e. The molecule has 0 atom stereocenters. The first-order chi connectivity index (χ1) is 8.65. The maximum atomic E-state index is 10.8. The number of anilines is 1. The van der Waals surface area contributed by atoms with Crippen LogP contribution in [0.25, 0.3) is 0 Å². The Hall–Kier alpha value is -1.29. The van der Waals surface area contributed by atoms with Gasteiger partial charge in [0.2, 0.25) is 0 Å². The predicted octanol–water partition coefficient (Wildman–Crippen LogP) is 4.63. The van der Waals surface area contributed by atoms with Gasteiger partial charge in [-0.15, -0.1) is 0 Å². The molecule has 0 unspecified atom stereocenters. The van der Waals surface area contributed by atoms with Crippen LogP contribution in [-0.2, 0) is 0 Å². The van der Waals surface area contributed by atoms with Gasteiger partial charge < -0.3 is 5.32 Å². The molecule has 0 aliphatic heterocycles. The van der Waals surface area contributed by atoms with Crippen molar-refractivity contribution in [3.05, 3.63) is 33.3 Å². The van der Waals surface area contributed by atoms with Gasteiger partial charge in [0.25, 0.3) is 5.69 Å². The third-order valence-electron chi connectivity index (χ3n) is 2.75. The van der Waals surface area contributed by atoms with Crippen molar-refractivity contribution >= 4 is 23.0 Å². The van der Waals surface area contributed by atoms with Gasteiger partial charge in [-0.2, -0.15) is 0 Å². The van der Waals surface area contributed by atoms with Gasteiger partial charge in [0, 0.05) is 17.6 Å². The predicted molar refractivity (Wildman–Crippen MR) is 75.4 cm³/mol. The zero-order chi connectivity index (χ0) is 13.4. The van der Waals surface area contributed by atoms with Crippen LogP contribution >= 0.6 is 11.6 Å². The van der Waals surface area contributed by atoms with Crippen LogP contribution in [0.5, 0.6) is 0 Å². The molecule has 0 aliphatic carbocycles. The van der Waals surface area contributed by atoms with Crippen molar-refractivity contribution in [3.8, 4) is 0 Å². The van der Waals surface area contributed by atoms with E-state index in [4.69, 9.17) is 11.6 Å². The molecule has 18 heavy (non-hydrogen) atoms. The van der Waals surface area contributed by atoms with Crippen LogP contribution < -0.4 is 5.32 Å². The van der Waals surface area contributed by atoms with Crippen molar-refractivity contribution < 1.29 is 4.92 Å². The summed E-state index contributed by atoms with van der Waals surface area (Å²) in [6, 6.07) is 4.57. The Bertz CT molecular complexity index is 397. The van der Waals surface area contributed by atoms with Gasteiger partial charge in [0.05, 0.1) is 4.92 Å². The number of hydrogen-bond acceptors (Lipinski definition) is 3. The summed E-state index contributed by atoms with van der Waals surface area (Å²) < 4.78 is 0. The fraction of sp³-hybridized carbons (Fsp3) is 0.538. The summed E-state index contributed by atoms with van der Waals surface area (Å²) in [5.74, 6) is 0. The Labute approximate surface area is 112 Å². The van der Waals surface area contributed by atoms with E-state index in [9.17, 15) is 10.1 Å². The van der Waals surface area contributed by atoms with Crippen molar-refractivity contribution in [2.45, 2.75) is 39.0 Å². The molecule has 5 heteroatoms. The van der Waals surface area contributed by atoms with Crippen LogP contribution in [0, 0.1) is 10.1 Å². The third-order valence-corrected chi connectivity index (χ3v) is 2.99. The molecular weight excluding hydrogens is 252 g/mol. The highest BCUT2D eigenvalue weighted by Gasteiger charge is 2.12. The second kappa shape index (κ2) is 7.93. The molecular formula is C13H19ClN2O2. The van der Waals surface area contributed by atoms with E-state index in [1.165, 1.54) is 31.4 Å². The van der Waals surface area contributed by atoms with E-state index in [0.717, 1.165) is 19.4 Å². The van der Waals surface area contributed by atoms with E-state index in [2.05, 4.69) is 12.2 Å². The van der Waals surface area contributed by atoms with Crippen LogP contribution in [-0.4, -0.2) is 11.5 Å². The lowest BCUT2D eigenvalue weighted by atomic mass is 10.1. The molecule has 0 amide bonds. The van der Waals surface area contributed by atoms with Crippen LogP contribution in [0.2, 0.25) is 5.02 Å². The average molecular weight is 271 g/mol. The molecule has 1 N–H and O–H groups in total. The Kier molecular flexibility index (Phi) is 6.50. The quantitative estimate of drug-likeness (QED) is 0.426. The van der Waals surface area contributed by atoms with Crippen molar-refractivity contribution in [3.63, 3.8) is 0 Å². The molecule has 100 valence electrons. The number of benzene rings is 1. The lowest BCUT2D eigenvalue weighted by molar-refractivity contribution is -0.384. The summed E-state index contributed by atoms with van der Waals surface area (Å²) in [5, 5.41) is 14.4. The molecule has 0 radical (unpaired) electrons. The van der Waals surface area contributed by atoms with E-state index in [1.54, 1.807) is 6.07 Å². The molecule has 1 aromatic rings. The number of nitrogens with zero attached hydrogens (tertiary/aromatic N) is 1. The van der Waals surface area contributed by atoms with Gasteiger partial charge in [0.1, 0.15) is 5.69 Å². The second-order valence-corrected chi connectivity index (χ2v) is 4.70. The Balaban J connectivity index is 2.45. The Morgan fingerprint density at radius 2 is 2.00 bits per heavy atom. The maximum Gasteiger partial charge on any atom is 0.292 e. The van der Waals surface area contributed by atoms with Gasteiger partial charge in [-0.25, -0.2) is 0 Å². The normalized spacial score (nSPS) is 10.3. The molecule has 1 rings (SSSR count). The molecule has 0 spiro atoms. The molecule has 4 nitrogen and oxygen atoms in total. The summed E-state index contributed by atoms with van der Waals surface area (Å²) in [4.78, 5) is 10.4. The van der Waals surface area contributed by atoms with Crippen LogP contribution in [0.4, 0.5) is 11.4 Å². The van der Waals surface area contributed by atoms with Gasteiger partial charge in [-0.05, 0) is 18.6 Å². The SMILES string of the molecule is CCCCCCCNc1cc(Cl)ccc1[N+](=O)[O-]. The number of hydrogen-bond donors (Lipinski definition) is 1. The number of nitro groups is 1. The number of nitro benzene ring substituents is 1. The molecule has 0 saturated carbocycles. The topological polar surface area (TPSA) is 55.2 Å². The minimum Gasteiger partial charge on any atom is -0.379 e. The lowest BCUT2D eigenvalue weighted by Crippen LogP contribution is -2.04. The highest BCUT2D eigenvalue weighted by atomic mass is 35.5. The largest absolute Gasteiger partial charge is 0.379 e. The summed E-state index contributed by atoms with van der Waals surface area (Å²) in [7, 11) is 0. The molecule has 0 aromatic heterocycles. The summed E-state index contributed by atoms with van der Waals surface area (Å²) >= 11 is 5.84. The van der Waals surface area contributed by atoms with E-state index in [0.29, 0.717) is 10.7 Å². The minimum absolute atomic E-state index is 0.0768. The van der Waals surface area contributed by atoms with E-state index < -0.39 is 4.92 Å². The molecule has 0 heterocycles. The molecule has 0 saturated heterocycles. The molecule has 0 aliphatic rings. The third kappa shape index (κ3) is 4.92. The van der Waals surface area contributed by atoms with E-state index in [1.807, 2.05) is 0 Å². The lowest BCUT2D eigenvalue weighted by Gasteiger charge is -2.07. The molecule has 1 aromatic carbocycles. The first-order valence-electron chi connectivity index (χ1n) is 6.33. The molecule has 0 fully saturated rings. The van der Waals surface area contributed by atoms with Gasteiger partial charge in [0.15, 0.2) is 0 Å². The number of halogens is 1. The monoisotopic (exact) mass is 270 g/mol. The standard InChI is InChI=1S/C13H19ClN2O2/c1-2-3-4-5-6-9-15-12-10-11(14)7-8-13(12)16(17)18/h7-8,10,15H,2-6,9H2,1H3. The summed E-state index contributed by atoms with van der Waals surface area (Å²) in [6.45, 7) is 2.92.